The molecular weight excluding hydrogens is 214 g/mol. The van der Waals surface area contributed by atoms with Crippen LogP contribution in [0.5, 0.6) is 0 Å². The summed E-state index contributed by atoms with van der Waals surface area (Å²) in [6.07, 6.45) is 1.25. The van der Waals surface area contributed by atoms with Crippen LogP contribution in [-0.2, 0) is 4.74 Å². The number of benzene rings is 1. The molecule has 1 saturated carbocycles. The molecule has 88 valence electrons. The Morgan fingerprint density at radius 1 is 1.41 bits per heavy atom. The van der Waals surface area contributed by atoms with Gasteiger partial charge in [0.15, 0.2) is 0 Å². The first-order chi connectivity index (χ1) is 8.14. The first-order valence-electron chi connectivity index (χ1n) is 5.87. The van der Waals surface area contributed by atoms with E-state index in [0.29, 0.717) is 16.9 Å². The Labute approximate surface area is 101 Å². The molecule has 2 atom stereocenters. The number of nitrogens with zero attached hydrogens (tertiary/aromatic N) is 1. The van der Waals surface area contributed by atoms with Crippen LogP contribution in [0.1, 0.15) is 29.3 Å². The first kappa shape index (κ1) is 10.5. The maximum absolute atomic E-state index is 11.3. The second kappa shape index (κ2) is 3.42. The fourth-order valence-corrected chi connectivity index (χ4v) is 2.57. The zero-order chi connectivity index (χ0) is 12.0. The fraction of sp³-hybridized carbons (Fsp3) is 0.429. The van der Waals surface area contributed by atoms with Gasteiger partial charge in [-0.2, -0.15) is 0 Å². The number of fused-ring (bicyclic) bond motifs is 1. The van der Waals surface area contributed by atoms with Crippen molar-refractivity contribution in [1.29, 1.82) is 0 Å². The maximum atomic E-state index is 11.3. The lowest BCUT2D eigenvalue weighted by molar-refractivity contribution is 0.0601. The van der Waals surface area contributed by atoms with Gasteiger partial charge in [0.25, 0.3) is 0 Å². The molecule has 17 heavy (non-hydrogen) atoms. The van der Waals surface area contributed by atoms with E-state index in [1.54, 1.807) is 0 Å². The number of hydrogen-bond donors (Lipinski definition) is 0. The van der Waals surface area contributed by atoms with Gasteiger partial charge in [-0.25, -0.2) is 4.79 Å². The Bertz CT molecular complexity index is 503. The Morgan fingerprint density at radius 2 is 2.12 bits per heavy atom. The zero-order valence-corrected chi connectivity index (χ0v) is 10.1. The summed E-state index contributed by atoms with van der Waals surface area (Å²) < 4.78 is 4.68. The molecule has 0 aromatic heterocycles. The summed E-state index contributed by atoms with van der Waals surface area (Å²) in [5.74, 6) is 0.340. The van der Waals surface area contributed by atoms with E-state index in [4.69, 9.17) is 0 Å². The third kappa shape index (κ3) is 1.57. The van der Waals surface area contributed by atoms with Crippen LogP contribution in [0.2, 0.25) is 0 Å². The predicted octanol–water partition coefficient (Wildman–Crippen LogP) is 2.30. The monoisotopic (exact) mass is 229 g/mol. The summed E-state index contributed by atoms with van der Waals surface area (Å²) in [6, 6.07) is 7.55. The van der Waals surface area contributed by atoms with Crippen molar-refractivity contribution in [3.63, 3.8) is 0 Å². The van der Waals surface area contributed by atoms with Gasteiger partial charge >= 0.3 is 5.97 Å². The second-order valence-corrected chi connectivity index (χ2v) is 5.18. The quantitative estimate of drug-likeness (QED) is 0.730. The number of esters is 1. The summed E-state index contributed by atoms with van der Waals surface area (Å²) in [6.45, 7) is 3.24. The second-order valence-electron chi connectivity index (χ2n) is 5.18. The summed E-state index contributed by atoms with van der Waals surface area (Å²) in [7, 11) is 1.40. The first-order valence-corrected chi connectivity index (χ1v) is 5.87. The zero-order valence-electron chi connectivity index (χ0n) is 10.1. The lowest BCUT2D eigenvalue weighted by Gasteiger charge is -2.03. The van der Waals surface area contributed by atoms with Crippen molar-refractivity contribution in [2.24, 2.45) is 16.3 Å². The van der Waals surface area contributed by atoms with E-state index in [9.17, 15) is 4.79 Å². The van der Waals surface area contributed by atoms with Gasteiger partial charge in [-0.1, -0.05) is 19.1 Å². The number of methoxy groups -OCH3 is 1. The molecule has 1 fully saturated rings. The maximum Gasteiger partial charge on any atom is 0.337 e. The van der Waals surface area contributed by atoms with Gasteiger partial charge in [0, 0.05) is 18.2 Å². The molecule has 0 spiro atoms. The minimum atomic E-state index is -0.291. The topological polar surface area (TPSA) is 38.7 Å². The molecule has 1 aromatic rings. The minimum absolute atomic E-state index is 0.291. The number of ether oxygens (including phenoxy) is 1. The van der Waals surface area contributed by atoms with E-state index in [2.05, 4.69) is 16.7 Å². The van der Waals surface area contributed by atoms with Gasteiger partial charge < -0.3 is 4.74 Å². The van der Waals surface area contributed by atoms with E-state index in [0.717, 1.165) is 12.1 Å². The predicted molar refractivity (Wildman–Crippen MR) is 65.4 cm³/mol. The van der Waals surface area contributed by atoms with Crippen molar-refractivity contribution in [2.45, 2.75) is 13.3 Å². The molecule has 2 unspecified atom stereocenters. The number of carbonyl (C=O) groups is 1. The van der Waals surface area contributed by atoms with Crippen LogP contribution in [0.4, 0.5) is 0 Å². The van der Waals surface area contributed by atoms with Crippen molar-refractivity contribution >= 4 is 11.7 Å². The van der Waals surface area contributed by atoms with Crippen LogP contribution in [0, 0.1) is 11.3 Å². The van der Waals surface area contributed by atoms with Crippen molar-refractivity contribution in [3.05, 3.63) is 35.4 Å². The molecule has 1 aliphatic carbocycles. The van der Waals surface area contributed by atoms with Crippen LogP contribution in [0.15, 0.2) is 29.3 Å². The average molecular weight is 229 g/mol. The third-order valence-corrected chi connectivity index (χ3v) is 3.89. The molecule has 3 nitrogen and oxygen atoms in total. The fourth-order valence-electron chi connectivity index (χ4n) is 2.57. The number of hydrogen-bond acceptors (Lipinski definition) is 3. The Morgan fingerprint density at radius 3 is 2.59 bits per heavy atom. The molecule has 1 aromatic carbocycles. The van der Waals surface area contributed by atoms with Crippen LogP contribution in [0.3, 0.4) is 0 Å². The standard InChI is InChI=1S/C14H15NO2/c1-14-7-11(14)12(15-8-14)9-3-5-10(6-4-9)13(16)17-2/h3-6,11H,7-8H2,1-2H3. The van der Waals surface area contributed by atoms with E-state index < -0.39 is 0 Å². The average Bonchev–Trinajstić information content (AvgIpc) is 2.92. The van der Waals surface area contributed by atoms with Crippen molar-refractivity contribution in [2.75, 3.05) is 13.7 Å². The highest BCUT2D eigenvalue weighted by atomic mass is 16.5. The highest BCUT2D eigenvalue weighted by Gasteiger charge is 2.56. The van der Waals surface area contributed by atoms with Gasteiger partial charge in [-0.05, 0) is 29.5 Å². The molecule has 1 aliphatic heterocycles. The van der Waals surface area contributed by atoms with Gasteiger partial charge in [0.2, 0.25) is 0 Å². The van der Waals surface area contributed by atoms with Crippen LogP contribution < -0.4 is 0 Å². The van der Waals surface area contributed by atoms with Gasteiger partial charge in [0.05, 0.1) is 12.7 Å². The highest BCUT2D eigenvalue weighted by molar-refractivity contribution is 6.06. The number of aliphatic imine (C=N–C) groups is 1. The molecule has 0 amide bonds. The highest BCUT2D eigenvalue weighted by Crippen LogP contribution is 2.57. The normalized spacial score (nSPS) is 29.5. The van der Waals surface area contributed by atoms with E-state index in [1.807, 2.05) is 24.3 Å². The molecule has 0 saturated heterocycles. The van der Waals surface area contributed by atoms with E-state index in [-0.39, 0.29) is 5.97 Å². The largest absolute Gasteiger partial charge is 0.465 e. The minimum Gasteiger partial charge on any atom is -0.465 e. The van der Waals surface area contributed by atoms with Gasteiger partial charge in [-0.15, -0.1) is 0 Å². The third-order valence-electron chi connectivity index (χ3n) is 3.89. The lowest BCUT2D eigenvalue weighted by atomic mass is 10.0. The SMILES string of the molecule is COC(=O)c1ccc(C2=NCC3(C)CC23)cc1. The number of rotatable bonds is 2. The molecule has 0 bridgehead atoms. The molecular formula is C14H15NO2. The summed E-state index contributed by atoms with van der Waals surface area (Å²) in [4.78, 5) is 15.9. The number of carbonyl (C=O) groups excluding carboxylic acids is 1. The van der Waals surface area contributed by atoms with E-state index in [1.165, 1.54) is 19.2 Å². The summed E-state index contributed by atoms with van der Waals surface area (Å²) >= 11 is 0. The van der Waals surface area contributed by atoms with Gasteiger partial charge in [-0.3, -0.25) is 4.99 Å². The van der Waals surface area contributed by atoms with Crippen molar-refractivity contribution in [1.82, 2.24) is 0 Å². The van der Waals surface area contributed by atoms with Crippen molar-refractivity contribution in [3.8, 4) is 0 Å². The van der Waals surface area contributed by atoms with E-state index >= 15 is 0 Å². The molecule has 0 radical (unpaired) electrons. The van der Waals surface area contributed by atoms with Crippen molar-refractivity contribution < 1.29 is 9.53 Å². The molecule has 1 heterocycles. The lowest BCUT2D eigenvalue weighted by Crippen LogP contribution is -2.05. The molecule has 3 rings (SSSR count). The van der Waals surface area contributed by atoms with Crippen LogP contribution in [-0.4, -0.2) is 25.3 Å². The summed E-state index contributed by atoms with van der Waals surface area (Å²) in [5.41, 5.74) is 3.37. The van der Waals surface area contributed by atoms with Crippen LogP contribution in [0.25, 0.3) is 0 Å². The molecule has 2 aliphatic rings. The Hall–Kier alpha value is -1.64. The van der Waals surface area contributed by atoms with Crippen LogP contribution >= 0.6 is 0 Å². The molecule has 3 heteroatoms. The molecule has 0 N–H and O–H groups in total. The van der Waals surface area contributed by atoms with Gasteiger partial charge in [0.1, 0.15) is 0 Å². The Kier molecular flexibility index (Phi) is 2.12. The smallest absolute Gasteiger partial charge is 0.337 e. The summed E-state index contributed by atoms with van der Waals surface area (Å²) in [5, 5.41) is 0. The Balaban J connectivity index is 1.84.